The molecule has 1 aliphatic rings. The first kappa shape index (κ1) is 12.9. The van der Waals surface area contributed by atoms with Gasteiger partial charge < -0.3 is 10.5 Å². The smallest absolute Gasteiger partial charge is 0.0757 e. The minimum Gasteiger partial charge on any atom is -0.370 e. The lowest BCUT2D eigenvalue weighted by atomic mass is 10.1. The second-order valence-corrected chi connectivity index (χ2v) is 5.27. The van der Waals surface area contributed by atoms with E-state index in [1.165, 1.54) is 19.4 Å². The minimum atomic E-state index is 0.0194. The molecule has 0 aromatic rings. The Labute approximate surface area is 94.0 Å². The van der Waals surface area contributed by atoms with Crippen molar-refractivity contribution in [2.75, 3.05) is 26.2 Å². The van der Waals surface area contributed by atoms with E-state index in [0.29, 0.717) is 6.10 Å². The molecule has 1 aliphatic heterocycles. The predicted octanol–water partition coefficient (Wildman–Crippen LogP) is 1.61. The molecule has 0 aliphatic carbocycles. The third-order valence-electron chi connectivity index (χ3n) is 2.82. The zero-order valence-corrected chi connectivity index (χ0v) is 10.5. The summed E-state index contributed by atoms with van der Waals surface area (Å²) in [5.41, 5.74) is 5.50. The summed E-state index contributed by atoms with van der Waals surface area (Å²) < 4.78 is 5.87. The van der Waals surface area contributed by atoms with Gasteiger partial charge in [0.05, 0.1) is 11.7 Å². The molecule has 3 heteroatoms. The molecule has 1 rings (SSSR count). The van der Waals surface area contributed by atoms with Crippen molar-refractivity contribution in [2.45, 2.75) is 51.7 Å². The number of nitrogens with two attached hydrogens (primary N) is 1. The van der Waals surface area contributed by atoms with E-state index in [4.69, 9.17) is 10.5 Å². The largest absolute Gasteiger partial charge is 0.370 e. The molecule has 1 unspecified atom stereocenters. The number of hydrogen-bond donors (Lipinski definition) is 1. The van der Waals surface area contributed by atoms with Gasteiger partial charge in [-0.25, -0.2) is 0 Å². The maximum absolute atomic E-state index is 5.87. The van der Waals surface area contributed by atoms with Crippen LogP contribution in [0.15, 0.2) is 0 Å². The summed E-state index contributed by atoms with van der Waals surface area (Å²) >= 11 is 0. The number of unbranched alkanes of at least 4 members (excludes halogenated alkanes) is 2. The third kappa shape index (κ3) is 4.96. The minimum absolute atomic E-state index is 0.0194. The summed E-state index contributed by atoms with van der Waals surface area (Å²) in [6, 6.07) is 0. The summed E-state index contributed by atoms with van der Waals surface area (Å²) in [4.78, 5) is 2.52. The Balaban J connectivity index is 2.23. The molecule has 1 saturated heterocycles. The van der Waals surface area contributed by atoms with E-state index in [0.717, 1.165) is 26.1 Å². The van der Waals surface area contributed by atoms with Crippen LogP contribution in [0.4, 0.5) is 0 Å². The first-order valence-corrected chi connectivity index (χ1v) is 6.14. The molecule has 0 radical (unpaired) electrons. The van der Waals surface area contributed by atoms with Gasteiger partial charge in [0, 0.05) is 13.1 Å². The van der Waals surface area contributed by atoms with Gasteiger partial charge in [-0.2, -0.15) is 0 Å². The summed E-state index contributed by atoms with van der Waals surface area (Å²) in [7, 11) is 0. The molecule has 1 atom stereocenters. The number of morpholine rings is 1. The highest BCUT2D eigenvalue weighted by molar-refractivity contribution is 4.82. The molecular weight excluding hydrogens is 188 g/mol. The highest BCUT2D eigenvalue weighted by atomic mass is 16.5. The fourth-order valence-corrected chi connectivity index (χ4v) is 2.41. The van der Waals surface area contributed by atoms with Crippen molar-refractivity contribution in [2.24, 2.45) is 5.73 Å². The van der Waals surface area contributed by atoms with Crippen molar-refractivity contribution in [3.63, 3.8) is 0 Å². The average Bonchev–Trinajstić information content (AvgIpc) is 2.09. The number of hydrogen-bond acceptors (Lipinski definition) is 3. The Hall–Kier alpha value is -0.120. The number of nitrogens with zero attached hydrogens (tertiary/aromatic N) is 1. The van der Waals surface area contributed by atoms with Crippen LogP contribution < -0.4 is 5.73 Å². The van der Waals surface area contributed by atoms with Gasteiger partial charge in [0.2, 0.25) is 0 Å². The van der Waals surface area contributed by atoms with E-state index in [9.17, 15) is 0 Å². The predicted molar refractivity (Wildman–Crippen MR) is 64.0 cm³/mol. The van der Waals surface area contributed by atoms with Gasteiger partial charge in [0.1, 0.15) is 0 Å². The molecule has 1 fully saturated rings. The number of rotatable bonds is 5. The molecular formula is C12H26N2O. The van der Waals surface area contributed by atoms with E-state index < -0.39 is 0 Å². The molecule has 0 spiro atoms. The van der Waals surface area contributed by atoms with Gasteiger partial charge >= 0.3 is 0 Å². The first-order valence-electron chi connectivity index (χ1n) is 6.14. The van der Waals surface area contributed by atoms with E-state index in [-0.39, 0.29) is 5.60 Å². The van der Waals surface area contributed by atoms with Gasteiger partial charge in [-0.05, 0) is 46.7 Å². The molecule has 90 valence electrons. The average molecular weight is 214 g/mol. The summed E-state index contributed by atoms with van der Waals surface area (Å²) in [6.07, 6.45) is 4.04. The Kier molecular flexibility index (Phi) is 5.03. The van der Waals surface area contributed by atoms with E-state index in [1.807, 2.05) is 0 Å². The topological polar surface area (TPSA) is 38.5 Å². The van der Waals surface area contributed by atoms with Crippen LogP contribution in [0.5, 0.6) is 0 Å². The van der Waals surface area contributed by atoms with E-state index >= 15 is 0 Å². The van der Waals surface area contributed by atoms with Crippen molar-refractivity contribution in [3.05, 3.63) is 0 Å². The van der Waals surface area contributed by atoms with Crippen molar-refractivity contribution in [3.8, 4) is 0 Å². The van der Waals surface area contributed by atoms with Gasteiger partial charge in [0.15, 0.2) is 0 Å². The standard InChI is InChI=1S/C12H26N2O/c1-11-9-14(8-6-4-5-7-13)10-12(2,3)15-11/h11H,4-10,13H2,1-3H3. The van der Waals surface area contributed by atoms with Crippen molar-refractivity contribution < 1.29 is 4.74 Å². The van der Waals surface area contributed by atoms with Crippen LogP contribution in [-0.4, -0.2) is 42.8 Å². The first-order chi connectivity index (χ1) is 7.03. The highest BCUT2D eigenvalue weighted by Crippen LogP contribution is 2.20. The van der Waals surface area contributed by atoms with Crippen LogP contribution >= 0.6 is 0 Å². The fraction of sp³-hybridized carbons (Fsp3) is 1.00. The van der Waals surface area contributed by atoms with E-state index in [2.05, 4.69) is 25.7 Å². The molecule has 1 heterocycles. The summed E-state index contributed by atoms with van der Waals surface area (Å²) in [6.45, 7) is 10.7. The molecule has 0 aromatic heterocycles. The lowest BCUT2D eigenvalue weighted by molar-refractivity contribution is -0.128. The van der Waals surface area contributed by atoms with Gasteiger partial charge in [-0.3, -0.25) is 4.90 Å². The zero-order chi connectivity index (χ0) is 11.3. The van der Waals surface area contributed by atoms with Crippen LogP contribution in [0.25, 0.3) is 0 Å². The Bertz CT molecular complexity index is 182. The fourth-order valence-electron chi connectivity index (χ4n) is 2.41. The normalized spacial score (nSPS) is 26.8. The molecule has 0 bridgehead atoms. The monoisotopic (exact) mass is 214 g/mol. The van der Waals surface area contributed by atoms with Crippen LogP contribution in [0, 0.1) is 0 Å². The van der Waals surface area contributed by atoms with E-state index in [1.54, 1.807) is 0 Å². The van der Waals surface area contributed by atoms with Gasteiger partial charge in [-0.15, -0.1) is 0 Å². The highest BCUT2D eigenvalue weighted by Gasteiger charge is 2.30. The molecule has 0 aromatic carbocycles. The molecule has 15 heavy (non-hydrogen) atoms. The second-order valence-electron chi connectivity index (χ2n) is 5.27. The molecule has 0 amide bonds. The van der Waals surface area contributed by atoms with Crippen molar-refractivity contribution >= 4 is 0 Å². The lowest BCUT2D eigenvalue weighted by Gasteiger charge is -2.41. The summed E-state index contributed by atoms with van der Waals surface area (Å²) in [5.74, 6) is 0. The van der Waals surface area contributed by atoms with Gasteiger partial charge in [0.25, 0.3) is 0 Å². The Morgan fingerprint density at radius 1 is 1.33 bits per heavy atom. The summed E-state index contributed by atoms with van der Waals surface area (Å²) in [5, 5.41) is 0. The Morgan fingerprint density at radius 3 is 2.67 bits per heavy atom. The van der Waals surface area contributed by atoms with Crippen LogP contribution in [0.2, 0.25) is 0 Å². The SMILES string of the molecule is CC1CN(CCCCCN)CC(C)(C)O1. The number of ether oxygens (including phenoxy) is 1. The van der Waals surface area contributed by atoms with Gasteiger partial charge in [-0.1, -0.05) is 6.42 Å². The van der Waals surface area contributed by atoms with Crippen molar-refractivity contribution in [1.29, 1.82) is 0 Å². The maximum Gasteiger partial charge on any atom is 0.0757 e. The Morgan fingerprint density at radius 2 is 2.07 bits per heavy atom. The second kappa shape index (κ2) is 5.83. The van der Waals surface area contributed by atoms with Crippen LogP contribution in [0.3, 0.4) is 0 Å². The van der Waals surface area contributed by atoms with Crippen LogP contribution in [0.1, 0.15) is 40.0 Å². The molecule has 3 nitrogen and oxygen atoms in total. The zero-order valence-electron chi connectivity index (χ0n) is 10.5. The quantitative estimate of drug-likeness (QED) is 0.707. The van der Waals surface area contributed by atoms with Crippen LogP contribution in [-0.2, 0) is 4.74 Å². The lowest BCUT2D eigenvalue weighted by Crippen LogP contribution is -2.51. The maximum atomic E-state index is 5.87. The molecule has 2 N–H and O–H groups in total. The third-order valence-corrected chi connectivity index (χ3v) is 2.82. The molecule has 0 saturated carbocycles. The van der Waals surface area contributed by atoms with Crippen molar-refractivity contribution in [1.82, 2.24) is 4.90 Å².